The summed E-state index contributed by atoms with van der Waals surface area (Å²) in [5.41, 5.74) is 6.06. The quantitative estimate of drug-likeness (QED) is 0.762. The van der Waals surface area contributed by atoms with E-state index < -0.39 is 0 Å². The molecular weight excluding hydrogens is 192 g/mol. The number of ether oxygens (including phenoxy) is 1. The Bertz CT molecular complexity index is 370. The van der Waals surface area contributed by atoms with E-state index in [0.717, 1.165) is 19.3 Å². The van der Waals surface area contributed by atoms with Crippen molar-refractivity contribution in [3.8, 4) is 11.9 Å². The van der Waals surface area contributed by atoms with E-state index in [1.807, 2.05) is 6.07 Å². The van der Waals surface area contributed by atoms with Gasteiger partial charge in [-0.2, -0.15) is 5.26 Å². The lowest BCUT2D eigenvalue weighted by atomic mass is 10.3. The molecule has 15 heavy (non-hydrogen) atoms. The maximum absolute atomic E-state index is 8.54. The topological polar surface area (TPSA) is 84.8 Å². The van der Waals surface area contributed by atoms with Crippen LogP contribution < -0.4 is 10.5 Å². The molecule has 5 heteroatoms. The first-order valence-electron chi connectivity index (χ1n) is 4.92. The molecule has 78 valence electrons. The molecule has 1 aromatic heterocycles. The number of nitrogens with two attached hydrogens (primary N) is 1. The second-order valence-electron chi connectivity index (χ2n) is 3.66. The molecule has 0 spiro atoms. The summed E-state index contributed by atoms with van der Waals surface area (Å²) in [6.07, 6.45) is 5.84. The van der Waals surface area contributed by atoms with Crippen LogP contribution in [0, 0.1) is 11.3 Å². The van der Waals surface area contributed by atoms with Crippen molar-refractivity contribution in [2.45, 2.75) is 31.4 Å². The lowest BCUT2D eigenvalue weighted by Crippen LogP contribution is -2.19. The number of hydrogen-bond donors (Lipinski definition) is 1. The molecule has 1 saturated carbocycles. The van der Waals surface area contributed by atoms with E-state index in [4.69, 9.17) is 15.7 Å². The van der Waals surface area contributed by atoms with Gasteiger partial charge in [0.2, 0.25) is 5.88 Å². The molecule has 1 aromatic rings. The first-order chi connectivity index (χ1) is 7.28. The summed E-state index contributed by atoms with van der Waals surface area (Å²) < 4.78 is 5.58. The van der Waals surface area contributed by atoms with Crippen LogP contribution in [0.5, 0.6) is 5.88 Å². The summed E-state index contributed by atoms with van der Waals surface area (Å²) in [5, 5.41) is 8.54. The summed E-state index contributed by atoms with van der Waals surface area (Å²) in [6, 6.07) is 2.14. The van der Waals surface area contributed by atoms with Gasteiger partial charge < -0.3 is 10.5 Å². The van der Waals surface area contributed by atoms with Crippen molar-refractivity contribution < 1.29 is 4.74 Å². The molecule has 2 N–H and O–H groups in total. The fraction of sp³-hybridized carbons (Fsp3) is 0.500. The van der Waals surface area contributed by atoms with Crippen molar-refractivity contribution in [1.29, 1.82) is 5.26 Å². The zero-order chi connectivity index (χ0) is 10.7. The van der Waals surface area contributed by atoms with E-state index in [9.17, 15) is 0 Å². The Morgan fingerprint density at radius 2 is 2.27 bits per heavy atom. The molecule has 2 unspecified atom stereocenters. The molecule has 5 nitrogen and oxygen atoms in total. The van der Waals surface area contributed by atoms with Gasteiger partial charge in [0.05, 0.1) is 12.4 Å². The highest BCUT2D eigenvalue weighted by atomic mass is 16.5. The molecule has 2 atom stereocenters. The van der Waals surface area contributed by atoms with Crippen LogP contribution >= 0.6 is 0 Å². The number of nitrogens with zero attached hydrogens (tertiary/aromatic N) is 3. The summed E-state index contributed by atoms with van der Waals surface area (Å²) in [5.74, 6) is 0.466. The minimum Gasteiger partial charge on any atom is -0.473 e. The standard InChI is InChI=1S/C10H12N4O/c11-4-8-5-14-10(6-13-8)15-9-2-1-7(12)3-9/h5-7,9H,1-3,12H2. The van der Waals surface area contributed by atoms with Gasteiger partial charge in [-0.05, 0) is 19.3 Å². The fourth-order valence-electron chi connectivity index (χ4n) is 1.69. The Labute approximate surface area is 87.9 Å². The molecule has 0 saturated heterocycles. The van der Waals surface area contributed by atoms with Crippen molar-refractivity contribution in [2.24, 2.45) is 5.73 Å². The van der Waals surface area contributed by atoms with Crippen molar-refractivity contribution in [3.63, 3.8) is 0 Å². The predicted octanol–water partition coefficient (Wildman–Crippen LogP) is 0.607. The first kappa shape index (κ1) is 9.87. The molecule has 0 aromatic carbocycles. The second kappa shape index (κ2) is 4.24. The van der Waals surface area contributed by atoms with Gasteiger partial charge in [0.1, 0.15) is 12.2 Å². The molecule has 0 radical (unpaired) electrons. The van der Waals surface area contributed by atoms with Crippen molar-refractivity contribution in [1.82, 2.24) is 9.97 Å². The Hall–Kier alpha value is -1.67. The van der Waals surface area contributed by atoms with Crippen LogP contribution in [0.1, 0.15) is 25.0 Å². The molecule has 1 heterocycles. The predicted molar refractivity (Wildman–Crippen MR) is 53.0 cm³/mol. The molecule has 0 aliphatic heterocycles. The van der Waals surface area contributed by atoms with Crippen molar-refractivity contribution in [3.05, 3.63) is 18.1 Å². The molecular formula is C10H12N4O. The van der Waals surface area contributed by atoms with Crippen LogP contribution in [0.2, 0.25) is 0 Å². The number of hydrogen-bond acceptors (Lipinski definition) is 5. The van der Waals surface area contributed by atoms with Gasteiger partial charge in [-0.25, -0.2) is 9.97 Å². The third kappa shape index (κ3) is 2.42. The van der Waals surface area contributed by atoms with Gasteiger partial charge >= 0.3 is 0 Å². The van der Waals surface area contributed by atoms with Gasteiger partial charge in [0, 0.05) is 6.04 Å². The minimum absolute atomic E-state index is 0.141. The number of rotatable bonds is 2. The molecule has 1 fully saturated rings. The zero-order valence-electron chi connectivity index (χ0n) is 8.26. The highest BCUT2D eigenvalue weighted by Gasteiger charge is 2.23. The largest absolute Gasteiger partial charge is 0.473 e. The van der Waals surface area contributed by atoms with Gasteiger partial charge in [0.15, 0.2) is 5.69 Å². The van der Waals surface area contributed by atoms with Gasteiger partial charge in [-0.3, -0.25) is 0 Å². The van der Waals surface area contributed by atoms with Crippen LogP contribution in [0.25, 0.3) is 0 Å². The summed E-state index contributed by atoms with van der Waals surface area (Å²) in [6.45, 7) is 0. The maximum atomic E-state index is 8.54. The molecule has 1 aliphatic rings. The van der Waals surface area contributed by atoms with E-state index in [-0.39, 0.29) is 12.1 Å². The van der Waals surface area contributed by atoms with E-state index >= 15 is 0 Å². The normalized spacial score (nSPS) is 24.8. The molecule has 2 rings (SSSR count). The number of aromatic nitrogens is 2. The lowest BCUT2D eigenvalue weighted by Gasteiger charge is -2.11. The smallest absolute Gasteiger partial charge is 0.232 e. The SMILES string of the molecule is N#Cc1cnc(OC2CCC(N)C2)cn1. The maximum Gasteiger partial charge on any atom is 0.232 e. The van der Waals surface area contributed by atoms with E-state index in [1.54, 1.807) is 0 Å². The molecule has 0 amide bonds. The monoisotopic (exact) mass is 204 g/mol. The van der Waals surface area contributed by atoms with E-state index in [0.29, 0.717) is 11.6 Å². The lowest BCUT2D eigenvalue weighted by molar-refractivity contribution is 0.199. The average Bonchev–Trinajstić information content (AvgIpc) is 2.65. The van der Waals surface area contributed by atoms with Gasteiger partial charge in [-0.1, -0.05) is 0 Å². The van der Waals surface area contributed by atoms with Gasteiger partial charge in [-0.15, -0.1) is 0 Å². The van der Waals surface area contributed by atoms with Crippen LogP contribution in [-0.2, 0) is 0 Å². The van der Waals surface area contributed by atoms with Crippen molar-refractivity contribution >= 4 is 0 Å². The highest BCUT2D eigenvalue weighted by molar-refractivity contribution is 5.18. The average molecular weight is 204 g/mol. The zero-order valence-corrected chi connectivity index (χ0v) is 8.26. The van der Waals surface area contributed by atoms with Gasteiger partial charge in [0.25, 0.3) is 0 Å². The van der Waals surface area contributed by atoms with Crippen LogP contribution in [0.15, 0.2) is 12.4 Å². The van der Waals surface area contributed by atoms with Crippen LogP contribution in [-0.4, -0.2) is 22.1 Å². The van der Waals surface area contributed by atoms with E-state index in [1.165, 1.54) is 12.4 Å². The Morgan fingerprint density at radius 1 is 1.40 bits per heavy atom. The second-order valence-corrected chi connectivity index (χ2v) is 3.66. The van der Waals surface area contributed by atoms with Crippen molar-refractivity contribution in [2.75, 3.05) is 0 Å². The summed E-state index contributed by atoms with van der Waals surface area (Å²) in [7, 11) is 0. The van der Waals surface area contributed by atoms with Crippen LogP contribution in [0.4, 0.5) is 0 Å². The summed E-state index contributed by atoms with van der Waals surface area (Å²) in [4.78, 5) is 7.87. The Morgan fingerprint density at radius 3 is 2.80 bits per heavy atom. The third-order valence-corrected chi connectivity index (χ3v) is 2.46. The molecule has 1 aliphatic carbocycles. The minimum atomic E-state index is 0.141. The fourth-order valence-corrected chi connectivity index (χ4v) is 1.69. The highest BCUT2D eigenvalue weighted by Crippen LogP contribution is 2.21. The first-order valence-corrected chi connectivity index (χ1v) is 4.92. The Balaban J connectivity index is 1.96. The van der Waals surface area contributed by atoms with Crippen LogP contribution in [0.3, 0.4) is 0 Å². The number of nitriles is 1. The Kier molecular flexibility index (Phi) is 2.79. The summed E-state index contributed by atoms with van der Waals surface area (Å²) >= 11 is 0. The molecule has 0 bridgehead atoms. The third-order valence-electron chi connectivity index (χ3n) is 2.46. The van der Waals surface area contributed by atoms with E-state index in [2.05, 4.69) is 9.97 Å².